The highest BCUT2D eigenvalue weighted by atomic mass is 127. The van der Waals surface area contributed by atoms with E-state index in [1.165, 1.54) is 25.7 Å². The molecule has 1 aromatic carbocycles. The Morgan fingerprint density at radius 3 is 2.65 bits per heavy atom. The lowest BCUT2D eigenvalue weighted by Crippen LogP contribution is -2.65. The predicted molar refractivity (Wildman–Crippen MR) is 134 cm³/mol. The van der Waals surface area contributed by atoms with Gasteiger partial charge >= 0.3 is 0 Å². The molecule has 2 saturated carbocycles. The maximum Gasteiger partial charge on any atom is 0.191 e. The van der Waals surface area contributed by atoms with Gasteiger partial charge in [-0.3, -0.25) is 0 Å². The minimum atomic E-state index is -0.0280. The number of hydrogen-bond donors (Lipinski definition) is 3. The number of methoxy groups -OCH3 is 1. The van der Waals surface area contributed by atoms with Gasteiger partial charge in [-0.25, -0.2) is 4.99 Å². The number of halogens is 1. The highest BCUT2D eigenvalue weighted by molar-refractivity contribution is 14.0. The van der Waals surface area contributed by atoms with Gasteiger partial charge in [0.05, 0.1) is 26.4 Å². The average molecular weight is 547 g/mol. The summed E-state index contributed by atoms with van der Waals surface area (Å²) in [7, 11) is 1.62. The molecule has 0 radical (unpaired) electrons. The van der Waals surface area contributed by atoms with Crippen molar-refractivity contribution in [1.29, 1.82) is 0 Å². The van der Waals surface area contributed by atoms with Crippen molar-refractivity contribution in [3.8, 4) is 11.5 Å². The fourth-order valence-corrected chi connectivity index (χ4v) is 4.83. The number of benzene rings is 1. The zero-order valence-electron chi connectivity index (χ0n) is 19.0. The van der Waals surface area contributed by atoms with Crippen molar-refractivity contribution in [1.82, 2.24) is 10.6 Å². The zero-order valence-corrected chi connectivity index (χ0v) is 21.3. The average Bonchev–Trinajstić information content (AvgIpc) is 3.28. The highest BCUT2D eigenvalue weighted by Gasteiger charge is 2.56. The van der Waals surface area contributed by atoms with E-state index in [9.17, 15) is 0 Å². The molecule has 8 heteroatoms. The number of aliphatic hydroxyl groups is 1. The second kappa shape index (κ2) is 12.7. The maximum atomic E-state index is 8.96. The van der Waals surface area contributed by atoms with E-state index in [0.29, 0.717) is 30.2 Å². The third-order valence-corrected chi connectivity index (χ3v) is 6.34. The summed E-state index contributed by atoms with van der Waals surface area (Å²) in [6.45, 7) is 6.53. The number of guanidine groups is 1. The van der Waals surface area contributed by atoms with Crippen molar-refractivity contribution < 1.29 is 19.3 Å². The maximum absolute atomic E-state index is 8.96. The summed E-state index contributed by atoms with van der Waals surface area (Å²) in [6.07, 6.45) is 6.48. The Bertz CT molecular complexity index is 710. The summed E-state index contributed by atoms with van der Waals surface area (Å²) in [5, 5.41) is 16.0. The van der Waals surface area contributed by atoms with Crippen LogP contribution in [0.5, 0.6) is 11.5 Å². The molecule has 2 unspecified atom stereocenters. The van der Waals surface area contributed by atoms with Gasteiger partial charge in [0.25, 0.3) is 0 Å². The molecule has 7 nitrogen and oxygen atoms in total. The number of nitrogens with one attached hydrogen (secondary N) is 2. The lowest BCUT2D eigenvalue weighted by molar-refractivity contribution is -0.125. The van der Waals surface area contributed by atoms with E-state index in [-0.39, 0.29) is 42.6 Å². The van der Waals surface area contributed by atoms with E-state index in [1.807, 2.05) is 18.2 Å². The minimum Gasteiger partial charge on any atom is -0.493 e. The van der Waals surface area contributed by atoms with E-state index in [2.05, 4.69) is 24.5 Å². The molecular weight excluding hydrogens is 509 g/mol. The van der Waals surface area contributed by atoms with Crippen molar-refractivity contribution in [2.45, 2.75) is 64.6 Å². The molecule has 0 aromatic heterocycles. The number of nitrogens with zero attached hydrogens (tertiary/aromatic N) is 1. The van der Waals surface area contributed by atoms with E-state index < -0.39 is 0 Å². The first-order chi connectivity index (χ1) is 14.7. The molecular formula is C23H38IN3O4. The molecule has 0 saturated heterocycles. The van der Waals surface area contributed by atoms with Crippen molar-refractivity contribution >= 4 is 29.9 Å². The number of aliphatic imine (C=N–C) groups is 1. The van der Waals surface area contributed by atoms with Crippen LogP contribution in [0.1, 0.15) is 51.5 Å². The molecule has 0 bridgehead atoms. The monoisotopic (exact) mass is 547 g/mol. The van der Waals surface area contributed by atoms with Crippen molar-refractivity contribution in [3.63, 3.8) is 0 Å². The van der Waals surface area contributed by atoms with Crippen LogP contribution < -0.4 is 20.1 Å². The normalized spacial score (nSPS) is 21.9. The molecule has 0 aliphatic heterocycles. The molecule has 3 rings (SSSR count). The largest absolute Gasteiger partial charge is 0.493 e. The van der Waals surface area contributed by atoms with Crippen molar-refractivity contribution in [2.75, 3.05) is 33.5 Å². The molecule has 2 aliphatic rings. The van der Waals surface area contributed by atoms with E-state index in [4.69, 9.17) is 24.3 Å². The Hall–Kier alpha value is -1.26. The van der Waals surface area contributed by atoms with Crippen LogP contribution in [0.2, 0.25) is 0 Å². The molecule has 0 heterocycles. The van der Waals surface area contributed by atoms with Gasteiger partial charge in [-0.1, -0.05) is 18.9 Å². The van der Waals surface area contributed by atoms with Gasteiger partial charge in [0, 0.05) is 24.6 Å². The minimum absolute atomic E-state index is 0. The predicted octanol–water partition coefficient (Wildman–Crippen LogP) is 3.48. The van der Waals surface area contributed by atoms with E-state index in [1.54, 1.807) is 7.11 Å². The molecule has 0 amide bonds. The Kier molecular flexibility index (Phi) is 10.6. The molecule has 3 N–H and O–H groups in total. The summed E-state index contributed by atoms with van der Waals surface area (Å²) in [4.78, 5) is 4.82. The zero-order chi connectivity index (χ0) is 21.4. The third kappa shape index (κ3) is 6.16. The smallest absolute Gasteiger partial charge is 0.191 e. The first kappa shape index (κ1) is 26.0. The van der Waals surface area contributed by atoms with Crippen LogP contribution in [0, 0.1) is 5.41 Å². The molecule has 176 valence electrons. The van der Waals surface area contributed by atoms with E-state index >= 15 is 0 Å². The van der Waals surface area contributed by atoms with Gasteiger partial charge in [-0.15, -0.1) is 24.0 Å². The molecule has 31 heavy (non-hydrogen) atoms. The second-order valence-electron chi connectivity index (χ2n) is 8.07. The third-order valence-electron chi connectivity index (χ3n) is 6.34. The molecule has 1 spiro atoms. The van der Waals surface area contributed by atoms with Crippen LogP contribution in [-0.2, 0) is 11.3 Å². The van der Waals surface area contributed by atoms with E-state index in [0.717, 1.165) is 31.1 Å². The number of ether oxygens (including phenoxy) is 3. The van der Waals surface area contributed by atoms with Crippen molar-refractivity contribution in [3.05, 3.63) is 23.8 Å². The van der Waals surface area contributed by atoms with Gasteiger partial charge in [0.2, 0.25) is 0 Å². The Balaban J connectivity index is 0.00000341. The van der Waals surface area contributed by atoms with Gasteiger partial charge in [0.15, 0.2) is 17.5 Å². The topological polar surface area (TPSA) is 84.3 Å². The fourth-order valence-electron chi connectivity index (χ4n) is 4.83. The Labute approximate surface area is 203 Å². The summed E-state index contributed by atoms with van der Waals surface area (Å²) < 4.78 is 17.0. The van der Waals surface area contributed by atoms with Crippen molar-refractivity contribution in [2.24, 2.45) is 10.4 Å². The summed E-state index contributed by atoms with van der Waals surface area (Å²) in [5.74, 6) is 2.13. The van der Waals surface area contributed by atoms with Gasteiger partial charge in [-0.2, -0.15) is 0 Å². The SMILES string of the molecule is CCNC(=NCc1ccc(OCCO)c(OC)c1)NC1CC(OCC)C12CCCC2.I. The number of rotatable bonds is 10. The van der Waals surface area contributed by atoms with Crippen LogP contribution in [0.4, 0.5) is 0 Å². The lowest BCUT2D eigenvalue weighted by Gasteiger charge is -2.54. The first-order valence-electron chi connectivity index (χ1n) is 11.2. The number of aliphatic hydroxyl groups excluding tert-OH is 1. The fraction of sp³-hybridized carbons (Fsp3) is 0.696. The quantitative estimate of drug-likeness (QED) is 0.237. The molecule has 2 aliphatic carbocycles. The second-order valence-corrected chi connectivity index (χ2v) is 8.07. The summed E-state index contributed by atoms with van der Waals surface area (Å²) in [6, 6.07) is 6.20. The van der Waals surface area contributed by atoms with Crippen LogP contribution in [0.15, 0.2) is 23.2 Å². The van der Waals surface area contributed by atoms with Crippen LogP contribution in [0.25, 0.3) is 0 Å². The first-order valence-corrected chi connectivity index (χ1v) is 11.2. The van der Waals surface area contributed by atoms with Crippen LogP contribution in [0.3, 0.4) is 0 Å². The lowest BCUT2D eigenvalue weighted by atomic mass is 9.60. The van der Waals surface area contributed by atoms with Gasteiger partial charge < -0.3 is 30.0 Å². The molecule has 1 aromatic rings. The Morgan fingerprint density at radius 1 is 1.23 bits per heavy atom. The van der Waals surface area contributed by atoms with Gasteiger partial charge in [-0.05, 0) is 50.8 Å². The Morgan fingerprint density at radius 2 is 2.00 bits per heavy atom. The standard InChI is InChI=1S/C23H37N3O4.HI/c1-4-24-22(26-20-15-21(29-5-2)23(20)10-6-7-11-23)25-16-17-8-9-18(30-13-12-27)19(14-17)28-3;/h8-9,14,20-21,27H,4-7,10-13,15-16H2,1-3H3,(H2,24,25,26);1H. The molecule has 2 atom stereocenters. The highest BCUT2D eigenvalue weighted by Crippen LogP contribution is 2.54. The van der Waals surface area contributed by atoms with Gasteiger partial charge in [0.1, 0.15) is 6.61 Å². The van der Waals surface area contributed by atoms with Crippen LogP contribution in [-0.4, -0.2) is 56.7 Å². The molecule has 2 fully saturated rings. The summed E-state index contributed by atoms with van der Waals surface area (Å²) >= 11 is 0. The number of hydrogen-bond acceptors (Lipinski definition) is 5. The summed E-state index contributed by atoms with van der Waals surface area (Å²) in [5.41, 5.74) is 1.30. The van der Waals surface area contributed by atoms with Crippen LogP contribution >= 0.6 is 24.0 Å².